The van der Waals surface area contributed by atoms with E-state index >= 15 is 0 Å². The van der Waals surface area contributed by atoms with Crippen LogP contribution in [0.25, 0.3) is 0 Å². The van der Waals surface area contributed by atoms with Gasteiger partial charge in [-0.2, -0.15) is 0 Å². The molecule has 1 saturated heterocycles. The zero-order valence-electron chi connectivity index (χ0n) is 10.2. The first kappa shape index (κ1) is 11.4. The highest BCUT2D eigenvalue weighted by molar-refractivity contribution is 5.98. The van der Waals surface area contributed by atoms with E-state index in [0.717, 1.165) is 19.3 Å². The molecule has 3 amide bonds. The predicted octanol–water partition coefficient (Wildman–Crippen LogP) is 1.75. The third kappa shape index (κ3) is 2.36. The second-order valence-corrected chi connectivity index (χ2v) is 6.09. The van der Waals surface area contributed by atoms with E-state index in [4.69, 9.17) is 0 Å². The van der Waals surface area contributed by atoms with Gasteiger partial charge in [0.15, 0.2) is 0 Å². The van der Waals surface area contributed by atoms with Crippen LogP contribution in [-0.4, -0.2) is 29.4 Å². The van der Waals surface area contributed by atoms with Crippen LogP contribution in [0.15, 0.2) is 0 Å². The number of carbonyl (C=O) groups is 2. The quantitative estimate of drug-likeness (QED) is 0.777. The van der Waals surface area contributed by atoms with Crippen LogP contribution in [0.1, 0.15) is 40.0 Å². The van der Waals surface area contributed by atoms with Gasteiger partial charge in [0.25, 0.3) is 0 Å². The molecule has 0 bridgehead atoms. The van der Waals surface area contributed by atoms with Gasteiger partial charge in [-0.1, -0.05) is 20.8 Å². The first-order chi connectivity index (χ1) is 7.38. The smallest absolute Gasteiger partial charge is 0.324 e. The fourth-order valence-electron chi connectivity index (χ4n) is 2.26. The van der Waals surface area contributed by atoms with Gasteiger partial charge in [0.1, 0.15) is 0 Å². The SMILES string of the molecule is CC(C)(C)CC1CNC(=O)N(C2CC2)C1=O. The number of hydrogen-bond donors (Lipinski definition) is 1. The highest BCUT2D eigenvalue weighted by Crippen LogP contribution is 2.33. The monoisotopic (exact) mass is 224 g/mol. The summed E-state index contributed by atoms with van der Waals surface area (Å²) in [6.07, 6.45) is 2.78. The summed E-state index contributed by atoms with van der Waals surface area (Å²) in [6, 6.07) is -0.0204. The summed E-state index contributed by atoms with van der Waals surface area (Å²) in [5.74, 6) is -0.0144. The van der Waals surface area contributed by atoms with E-state index in [1.807, 2.05) is 0 Å². The Hall–Kier alpha value is -1.06. The number of carbonyl (C=O) groups excluding carboxylic acids is 2. The van der Waals surface area contributed by atoms with Gasteiger partial charge in [-0.3, -0.25) is 9.69 Å². The lowest BCUT2D eigenvalue weighted by molar-refractivity contribution is -0.135. The molecule has 0 aromatic rings. The molecule has 1 aliphatic carbocycles. The largest absolute Gasteiger partial charge is 0.337 e. The molecule has 1 saturated carbocycles. The summed E-state index contributed by atoms with van der Waals surface area (Å²) in [5.41, 5.74) is 0.123. The summed E-state index contributed by atoms with van der Waals surface area (Å²) in [6.45, 7) is 6.87. The van der Waals surface area contributed by atoms with Crippen molar-refractivity contribution in [3.63, 3.8) is 0 Å². The highest BCUT2D eigenvalue weighted by atomic mass is 16.2. The number of hydrogen-bond acceptors (Lipinski definition) is 2. The molecule has 2 rings (SSSR count). The average Bonchev–Trinajstić information content (AvgIpc) is 2.92. The second-order valence-electron chi connectivity index (χ2n) is 6.09. The Labute approximate surface area is 96.4 Å². The summed E-state index contributed by atoms with van der Waals surface area (Å²) in [7, 11) is 0. The average molecular weight is 224 g/mol. The summed E-state index contributed by atoms with van der Waals surface area (Å²) >= 11 is 0. The van der Waals surface area contributed by atoms with Crippen LogP contribution < -0.4 is 5.32 Å². The molecule has 2 fully saturated rings. The molecule has 4 nitrogen and oxygen atoms in total. The summed E-state index contributed by atoms with van der Waals surface area (Å²) < 4.78 is 0. The molecular formula is C12H20N2O2. The Kier molecular flexibility index (Phi) is 2.68. The summed E-state index contributed by atoms with van der Waals surface area (Å²) in [4.78, 5) is 25.2. The van der Waals surface area contributed by atoms with Gasteiger partial charge in [-0.25, -0.2) is 4.79 Å². The van der Waals surface area contributed by atoms with Gasteiger partial charge in [0.2, 0.25) is 5.91 Å². The standard InChI is InChI=1S/C12H20N2O2/c1-12(2,3)6-8-7-13-11(16)14(10(8)15)9-4-5-9/h8-9H,4-7H2,1-3H3,(H,13,16). The number of urea groups is 1. The van der Waals surface area contributed by atoms with E-state index in [-0.39, 0.29) is 29.3 Å². The molecule has 1 atom stereocenters. The van der Waals surface area contributed by atoms with Crippen molar-refractivity contribution < 1.29 is 9.59 Å². The third-order valence-corrected chi connectivity index (χ3v) is 3.08. The van der Waals surface area contributed by atoms with Crippen molar-refractivity contribution in [1.29, 1.82) is 0 Å². The minimum atomic E-state index is -0.197. The van der Waals surface area contributed by atoms with Crippen LogP contribution in [0.2, 0.25) is 0 Å². The fraction of sp³-hybridized carbons (Fsp3) is 0.833. The second kappa shape index (κ2) is 3.75. The number of nitrogens with zero attached hydrogens (tertiary/aromatic N) is 1. The molecule has 0 aromatic carbocycles. The van der Waals surface area contributed by atoms with Crippen molar-refractivity contribution in [3.05, 3.63) is 0 Å². The minimum Gasteiger partial charge on any atom is -0.337 e. The van der Waals surface area contributed by atoms with E-state index in [0.29, 0.717) is 6.54 Å². The first-order valence-corrected chi connectivity index (χ1v) is 5.99. The van der Waals surface area contributed by atoms with Crippen molar-refractivity contribution in [2.24, 2.45) is 11.3 Å². The maximum atomic E-state index is 12.2. The lowest BCUT2D eigenvalue weighted by atomic mass is 9.83. The van der Waals surface area contributed by atoms with Crippen LogP contribution in [0.5, 0.6) is 0 Å². The van der Waals surface area contributed by atoms with Gasteiger partial charge >= 0.3 is 6.03 Å². The Morgan fingerprint density at radius 3 is 2.44 bits per heavy atom. The van der Waals surface area contributed by atoms with Gasteiger partial charge in [-0.05, 0) is 24.7 Å². The molecule has 16 heavy (non-hydrogen) atoms. The molecule has 2 aliphatic rings. The Morgan fingerprint density at radius 1 is 1.31 bits per heavy atom. The van der Waals surface area contributed by atoms with Crippen LogP contribution in [-0.2, 0) is 4.79 Å². The molecule has 1 heterocycles. The highest BCUT2D eigenvalue weighted by Gasteiger charge is 2.43. The molecule has 0 radical (unpaired) electrons. The molecular weight excluding hydrogens is 204 g/mol. The topological polar surface area (TPSA) is 49.4 Å². The van der Waals surface area contributed by atoms with E-state index in [2.05, 4.69) is 26.1 Å². The van der Waals surface area contributed by atoms with Crippen LogP contribution in [0, 0.1) is 11.3 Å². The Balaban J connectivity index is 2.06. The van der Waals surface area contributed by atoms with Gasteiger partial charge in [0, 0.05) is 12.6 Å². The molecule has 1 unspecified atom stereocenters. The van der Waals surface area contributed by atoms with Crippen LogP contribution >= 0.6 is 0 Å². The lowest BCUT2D eigenvalue weighted by Gasteiger charge is -2.34. The molecule has 0 spiro atoms. The van der Waals surface area contributed by atoms with E-state index in [1.165, 1.54) is 4.90 Å². The number of amides is 3. The zero-order valence-corrected chi connectivity index (χ0v) is 10.2. The Bertz CT molecular complexity index is 315. The molecule has 4 heteroatoms. The fourth-order valence-corrected chi connectivity index (χ4v) is 2.26. The van der Waals surface area contributed by atoms with E-state index in [9.17, 15) is 9.59 Å². The number of nitrogens with one attached hydrogen (secondary N) is 1. The first-order valence-electron chi connectivity index (χ1n) is 5.99. The molecule has 90 valence electrons. The van der Waals surface area contributed by atoms with Crippen molar-refractivity contribution in [2.45, 2.75) is 46.1 Å². The van der Waals surface area contributed by atoms with Crippen LogP contribution in [0.3, 0.4) is 0 Å². The normalized spacial score (nSPS) is 26.9. The maximum absolute atomic E-state index is 12.2. The van der Waals surface area contributed by atoms with Gasteiger partial charge in [-0.15, -0.1) is 0 Å². The number of rotatable bonds is 2. The molecule has 0 aromatic heterocycles. The molecule has 1 N–H and O–H groups in total. The molecule has 1 aliphatic heterocycles. The maximum Gasteiger partial charge on any atom is 0.324 e. The lowest BCUT2D eigenvalue weighted by Crippen LogP contribution is -2.56. The predicted molar refractivity (Wildman–Crippen MR) is 60.8 cm³/mol. The number of imide groups is 1. The third-order valence-electron chi connectivity index (χ3n) is 3.08. The zero-order chi connectivity index (χ0) is 11.9. The van der Waals surface area contributed by atoms with Crippen LogP contribution in [0.4, 0.5) is 4.79 Å². The van der Waals surface area contributed by atoms with Crippen molar-refractivity contribution in [2.75, 3.05) is 6.54 Å². The Morgan fingerprint density at radius 2 is 1.94 bits per heavy atom. The minimum absolute atomic E-state index is 0.0289. The van der Waals surface area contributed by atoms with Gasteiger partial charge in [0.05, 0.1) is 5.92 Å². The van der Waals surface area contributed by atoms with E-state index < -0.39 is 0 Å². The van der Waals surface area contributed by atoms with E-state index in [1.54, 1.807) is 0 Å². The summed E-state index contributed by atoms with van der Waals surface area (Å²) in [5, 5.41) is 2.82. The van der Waals surface area contributed by atoms with Crippen molar-refractivity contribution in [1.82, 2.24) is 10.2 Å². The van der Waals surface area contributed by atoms with Crippen molar-refractivity contribution >= 4 is 11.9 Å². The van der Waals surface area contributed by atoms with Gasteiger partial charge < -0.3 is 5.32 Å². The van der Waals surface area contributed by atoms with Crippen molar-refractivity contribution in [3.8, 4) is 0 Å².